The summed E-state index contributed by atoms with van der Waals surface area (Å²) in [6, 6.07) is 98.4. The van der Waals surface area contributed by atoms with Gasteiger partial charge in [-0.2, -0.15) is 0 Å². The van der Waals surface area contributed by atoms with Crippen LogP contribution in [0.5, 0.6) is 0 Å². The van der Waals surface area contributed by atoms with Crippen molar-refractivity contribution in [2.45, 2.75) is 90.2 Å². The second-order valence-electron chi connectivity index (χ2n) is 26.8. The summed E-state index contributed by atoms with van der Waals surface area (Å²) in [6.45, 7) is 16.4. The van der Waals surface area contributed by atoms with Crippen LogP contribution >= 0.6 is 0 Å². The van der Waals surface area contributed by atoms with Crippen molar-refractivity contribution in [1.29, 1.82) is 0 Å². The Morgan fingerprint density at radius 1 is 0.270 bits per heavy atom. The number of hydrogen-bond donors (Lipinski definition) is 0. The molecule has 0 saturated carbocycles. The van der Waals surface area contributed by atoms with Crippen molar-refractivity contribution >= 4 is 77.3 Å². The summed E-state index contributed by atoms with van der Waals surface area (Å²) in [5.74, 6) is 0.202. The number of anilines is 12. The average molecular weight is 1170 g/mol. The highest BCUT2D eigenvalue weighted by molar-refractivity contribution is 8.21. The molecule has 6 heteroatoms. The van der Waals surface area contributed by atoms with Crippen LogP contribution < -0.4 is 19.6 Å². The Morgan fingerprint density at radius 2 is 0.472 bits per heavy atom. The third-order valence-corrected chi connectivity index (χ3v) is 26.1. The molecule has 430 valence electrons. The van der Waals surface area contributed by atoms with Crippen LogP contribution in [0.4, 0.5) is 68.2 Å². The molecule has 0 bridgehead atoms. The molecule has 12 aromatic rings. The lowest BCUT2D eigenvalue weighted by atomic mass is 9.73. The van der Waals surface area contributed by atoms with E-state index in [1.807, 2.05) is 0 Å². The third kappa shape index (κ3) is 6.56. The highest BCUT2D eigenvalue weighted by Crippen LogP contribution is 2.73. The van der Waals surface area contributed by atoms with Crippen LogP contribution in [0.2, 0.25) is 0 Å². The Kier molecular flexibility index (Phi) is 10.5. The van der Waals surface area contributed by atoms with Crippen molar-refractivity contribution in [1.82, 2.24) is 0 Å². The van der Waals surface area contributed by atoms with E-state index in [4.69, 9.17) is 0 Å². The molecule has 5 nitrogen and oxygen atoms in total. The fourth-order valence-corrected chi connectivity index (χ4v) is 22.2. The summed E-state index contributed by atoms with van der Waals surface area (Å²) in [5.41, 5.74) is 26.5. The molecule has 6 aliphatic heterocycles. The van der Waals surface area contributed by atoms with Gasteiger partial charge in [0.25, 0.3) is 0 Å². The maximum absolute atomic E-state index is 19.5. The summed E-state index contributed by atoms with van der Waals surface area (Å²) in [7, 11) is -4.56. The molecular weight excluding hydrogens is 1100 g/mol. The van der Waals surface area contributed by atoms with Crippen LogP contribution in [0, 0.1) is 0 Å². The van der Waals surface area contributed by atoms with Gasteiger partial charge >= 0.3 is 0 Å². The largest absolute Gasteiger partial charge is 0.310 e. The quantitative estimate of drug-likeness (QED) is 0.175. The van der Waals surface area contributed by atoms with Gasteiger partial charge in [-0.15, -0.1) is 0 Å². The first-order chi connectivity index (χ1) is 43.2. The molecular formula is C83H66N4OS. The minimum Gasteiger partial charge on any atom is -0.310 e. The molecule has 18 rings (SSSR count). The fraction of sp³-hybridized carbons (Fsp3) is 0.133. The SMILES string of the molecule is CC1c2ccccc2N(c2ccc3c(c2)-c2cc(N4c5ccccc5C(C)(C)c5ccccc54)ccc2S32(=O)c3ccc(N4c5ccccc5C(C)(C)c5ccccc54)cc3-c3cc(N4c5ccccc5C(C)(C)c5ccccc54)ccc32)c2ccccc21. The molecule has 0 aromatic heterocycles. The first-order valence-electron chi connectivity index (χ1n) is 31.4. The molecule has 6 heterocycles. The van der Waals surface area contributed by atoms with Gasteiger partial charge in [-0.05, 0) is 166 Å². The van der Waals surface area contributed by atoms with Gasteiger partial charge in [0.15, 0.2) is 0 Å². The van der Waals surface area contributed by atoms with Crippen LogP contribution in [0.1, 0.15) is 98.9 Å². The number of hydrogen-bond acceptors (Lipinski definition) is 5. The Balaban J connectivity index is 0.937. The van der Waals surface area contributed by atoms with E-state index in [2.05, 4.69) is 335 Å². The Bertz CT molecular complexity index is 4810. The number of rotatable bonds is 4. The number of benzene rings is 12. The fourth-order valence-electron chi connectivity index (χ4n) is 17.1. The van der Waals surface area contributed by atoms with Crippen LogP contribution in [-0.4, -0.2) is 4.21 Å². The molecule has 0 amide bonds. The van der Waals surface area contributed by atoms with Crippen molar-refractivity contribution in [2.24, 2.45) is 0 Å². The van der Waals surface area contributed by atoms with E-state index in [9.17, 15) is 0 Å². The van der Waals surface area contributed by atoms with E-state index in [1.54, 1.807) is 0 Å². The summed E-state index contributed by atoms with van der Waals surface area (Å²) in [5, 5.41) is 0. The highest BCUT2D eigenvalue weighted by atomic mass is 32.3. The second-order valence-corrected chi connectivity index (χ2v) is 30.5. The lowest BCUT2D eigenvalue weighted by molar-refractivity contribution is 0.631. The highest BCUT2D eigenvalue weighted by Gasteiger charge is 2.58. The molecule has 12 aromatic carbocycles. The first kappa shape index (κ1) is 52.1. The zero-order valence-corrected chi connectivity index (χ0v) is 51.9. The van der Waals surface area contributed by atoms with Gasteiger partial charge in [0, 0.05) is 107 Å². The van der Waals surface area contributed by atoms with Crippen LogP contribution in [0.3, 0.4) is 0 Å². The first-order valence-corrected chi connectivity index (χ1v) is 33.4. The van der Waals surface area contributed by atoms with Crippen molar-refractivity contribution in [3.05, 3.63) is 311 Å². The minimum absolute atomic E-state index is 0.202. The second kappa shape index (κ2) is 17.8. The zero-order valence-electron chi connectivity index (χ0n) is 51.1. The number of nitrogens with zero attached hydrogens (tertiary/aromatic N) is 4. The third-order valence-electron chi connectivity index (χ3n) is 21.3. The van der Waals surface area contributed by atoms with Crippen molar-refractivity contribution in [2.75, 3.05) is 19.6 Å². The smallest absolute Gasteiger partial charge is 0.0502 e. The van der Waals surface area contributed by atoms with Gasteiger partial charge in [0.05, 0.1) is 34.1 Å². The molecule has 0 saturated heterocycles. The van der Waals surface area contributed by atoms with Gasteiger partial charge < -0.3 is 19.6 Å². The van der Waals surface area contributed by atoms with Gasteiger partial charge in [-0.1, -0.05) is 194 Å². The summed E-state index contributed by atoms with van der Waals surface area (Å²) in [4.78, 5) is 13.1. The van der Waals surface area contributed by atoms with Crippen LogP contribution in [0.15, 0.2) is 287 Å². The lowest BCUT2D eigenvalue weighted by Crippen LogP contribution is -2.31. The molecule has 1 spiro atoms. The molecule has 0 radical (unpaired) electrons. The normalized spacial score (nSPS) is 17.6. The zero-order chi connectivity index (χ0) is 60.1. The molecule has 89 heavy (non-hydrogen) atoms. The number of para-hydroxylation sites is 8. The minimum atomic E-state index is -4.56. The maximum Gasteiger partial charge on any atom is 0.0502 e. The predicted molar refractivity (Wildman–Crippen MR) is 368 cm³/mol. The summed E-state index contributed by atoms with van der Waals surface area (Å²) < 4.78 is 19.5. The summed E-state index contributed by atoms with van der Waals surface area (Å²) >= 11 is 0. The van der Waals surface area contributed by atoms with Crippen LogP contribution in [0.25, 0.3) is 22.3 Å². The van der Waals surface area contributed by atoms with E-state index >= 15 is 4.21 Å². The van der Waals surface area contributed by atoms with Gasteiger partial charge in [-0.25, -0.2) is 0 Å². The van der Waals surface area contributed by atoms with E-state index in [1.165, 1.54) is 44.5 Å². The van der Waals surface area contributed by atoms with E-state index < -0.39 is 9.07 Å². The Labute approximate surface area is 521 Å². The van der Waals surface area contributed by atoms with Gasteiger partial charge in [0.1, 0.15) is 0 Å². The van der Waals surface area contributed by atoms with Crippen LogP contribution in [-0.2, 0) is 25.3 Å². The predicted octanol–water partition coefficient (Wildman–Crippen LogP) is 22.3. The summed E-state index contributed by atoms with van der Waals surface area (Å²) in [6.07, 6.45) is 0. The van der Waals surface area contributed by atoms with Gasteiger partial charge in [0.2, 0.25) is 0 Å². The maximum atomic E-state index is 19.5. The Morgan fingerprint density at radius 3 is 0.719 bits per heavy atom. The van der Waals surface area contributed by atoms with Crippen molar-refractivity contribution in [3.8, 4) is 22.3 Å². The molecule has 0 atom stereocenters. The average Bonchev–Trinajstić information content (AvgIpc) is 1.48. The molecule has 0 aliphatic carbocycles. The Hall–Kier alpha value is -10.0. The molecule has 0 fully saturated rings. The monoisotopic (exact) mass is 1170 g/mol. The van der Waals surface area contributed by atoms with Crippen molar-refractivity contribution in [3.63, 3.8) is 0 Å². The molecule has 0 unspecified atom stereocenters. The van der Waals surface area contributed by atoms with E-state index in [-0.39, 0.29) is 22.2 Å². The lowest BCUT2D eigenvalue weighted by Gasteiger charge is -2.43. The van der Waals surface area contributed by atoms with E-state index in [0.29, 0.717) is 0 Å². The molecule has 0 N–H and O–H groups in total. The topological polar surface area (TPSA) is 30.0 Å². The standard InChI is InChI=1S/C83H66N4OS/c1-52-57-24-8-16-32-69(57)84(70-33-17-9-25-58(52)70)53-40-44-77-59(48-53)60-49-54(85-71-34-18-10-26-63(71)81(2,3)64-27-11-19-35-72(64)85)41-45-78(60)89(77,88)79-46-42-55(86-73-36-20-12-28-65(73)82(4,5)66-29-13-21-37-74(66)86)50-61(79)62-51-56(43-47-80(62)89)87-75-38-22-14-30-67(75)83(6,7)68-31-15-23-39-76(68)87/h8-52H,1-7H3. The van der Waals surface area contributed by atoms with Gasteiger partial charge in [-0.3, -0.25) is 4.21 Å². The number of fused-ring (bicyclic) bond motifs is 18. The van der Waals surface area contributed by atoms with E-state index in [0.717, 1.165) is 110 Å². The van der Waals surface area contributed by atoms with Crippen molar-refractivity contribution < 1.29 is 4.21 Å². The molecule has 6 aliphatic rings.